The lowest BCUT2D eigenvalue weighted by Crippen LogP contribution is -1.75. The van der Waals surface area contributed by atoms with Gasteiger partial charge in [0.2, 0.25) is 0 Å². The molecule has 0 spiro atoms. The van der Waals surface area contributed by atoms with E-state index in [1.165, 1.54) is 0 Å². The molecule has 0 unspecified atom stereocenters. The highest BCUT2D eigenvalue weighted by atomic mass is 31.1. The van der Waals surface area contributed by atoms with Crippen molar-refractivity contribution in [1.29, 1.82) is 0 Å². The van der Waals surface area contributed by atoms with Crippen LogP contribution < -0.4 is 0 Å². The van der Waals surface area contributed by atoms with Gasteiger partial charge in [0, 0.05) is 0 Å². The monoisotopic (exact) mass is 174 g/mol. The Balaban J connectivity index is 3.75. The molecule has 0 radical (unpaired) electrons. The summed E-state index contributed by atoms with van der Waals surface area (Å²) in [5.41, 5.74) is 0. The van der Waals surface area contributed by atoms with Crippen LogP contribution in [0.3, 0.4) is 0 Å². The highest BCUT2D eigenvalue weighted by Crippen LogP contribution is 2.37. The molecule has 0 aliphatic rings. The van der Waals surface area contributed by atoms with E-state index in [9.17, 15) is 0 Å². The Morgan fingerprint density at radius 2 is 1.55 bits per heavy atom. The first-order valence-corrected chi connectivity index (χ1v) is 5.32. The van der Waals surface area contributed by atoms with Crippen LogP contribution >= 0.6 is 7.92 Å². The van der Waals surface area contributed by atoms with Gasteiger partial charge >= 0.3 is 0 Å². The molecule has 0 aliphatic carbocycles. The Bertz CT molecular complexity index is 118. The van der Waals surface area contributed by atoms with Crippen molar-refractivity contribution in [1.82, 2.24) is 0 Å². The van der Waals surface area contributed by atoms with Crippen LogP contribution in [-0.2, 0) is 0 Å². The minimum Gasteiger partial charge on any atom is -0.392 e. The van der Waals surface area contributed by atoms with Crippen molar-refractivity contribution in [3.05, 3.63) is 23.8 Å². The van der Waals surface area contributed by atoms with Gasteiger partial charge in [0.15, 0.2) is 0 Å². The summed E-state index contributed by atoms with van der Waals surface area (Å²) in [6.07, 6.45) is 4.55. The van der Waals surface area contributed by atoms with Crippen molar-refractivity contribution >= 4 is 7.92 Å². The minimum absolute atomic E-state index is 0.103. The number of aliphatic hydroxyl groups excluding tert-OH is 2. The summed E-state index contributed by atoms with van der Waals surface area (Å²) in [6, 6.07) is 0. The van der Waals surface area contributed by atoms with E-state index in [0.29, 0.717) is 0 Å². The minimum atomic E-state index is -0.251. The van der Waals surface area contributed by atoms with Gasteiger partial charge in [0.1, 0.15) is 0 Å². The molecule has 64 valence electrons. The first kappa shape index (κ1) is 10.8. The average molecular weight is 174 g/mol. The predicted molar refractivity (Wildman–Crippen MR) is 49.9 cm³/mol. The van der Waals surface area contributed by atoms with E-state index in [2.05, 4.69) is 6.92 Å². The lowest BCUT2D eigenvalue weighted by atomic mass is 10.7. The molecule has 0 aromatic heterocycles. The maximum absolute atomic E-state index is 8.49. The van der Waals surface area contributed by atoms with Crippen molar-refractivity contribution in [3.63, 3.8) is 0 Å². The first-order valence-electron chi connectivity index (χ1n) is 3.66. The number of rotatable bonds is 5. The van der Waals surface area contributed by atoms with Crippen LogP contribution in [0.2, 0.25) is 0 Å². The van der Waals surface area contributed by atoms with Crippen molar-refractivity contribution in [2.45, 2.75) is 6.92 Å². The standard InChI is InChI=1S/C8H15O2P/c1-2-11(7-3-5-9)8-4-6-10/h3-4,7-10H,2,5-6H2,1H3/b7-3+,8-4+. The largest absolute Gasteiger partial charge is 0.392 e. The molecule has 0 amide bonds. The Kier molecular flexibility index (Phi) is 7.81. The summed E-state index contributed by atoms with van der Waals surface area (Å²) in [5.74, 6) is 4.00. The van der Waals surface area contributed by atoms with Gasteiger partial charge in [-0.05, 0) is 6.16 Å². The topological polar surface area (TPSA) is 40.5 Å². The Labute approximate surface area is 69.0 Å². The maximum atomic E-state index is 8.49. The molecule has 11 heavy (non-hydrogen) atoms. The zero-order chi connectivity index (χ0) is 8.53. The van der Waals surface area contributed by atoms with Gasteiger partial charge in [-0.25, -0.2) is 0 Å². The van der Waals surface area contributed by atoms with E-state index in [1.807, 2.05) is 11.6 Å². The molecule has 0 aromatic rings. The zero-order valence-electron chi connectivity index (χ0n) is 6.77. The van der Waals surface area contributed by atoms with Crippen molar-refractivity contribution in [3.8, 4) is 0 Å². The lowest BCUT2D eigenvalue weighted by molar-refractivity contribution is 0.343. The number of hydrogen-bond donors (Lipinski definition) is 2. The smallest absolute Gasteiger partial charge is 0.0615 e. The Morgan fingerprint density at radius 1 is 1.09 bits per heavy atom. The highest BCUT2D eigenvalue weighted by molar-refractivity contribution is 7.63. The van der Waals surface area contributed by atoms with Crippen LogP contribution in [0.1, 0.15) is 6.92 Å². The Morgan fingerprint density at radius 3 is 1.82 bits per heavy atom. The molecule has 0 rings (SSSR count). The van der Waals surface area contributed by atoms with Crippen LogP contribution in [0, 0.1) is 0 Å². The van der Waals surface area contributed by atoms with Gasteiger partial charge in [-0.3, -0.25) is 0 Å². The molecule has 2 nitrogen and oxygen atoms in total. The molecule has 2 N–H and O–H groups in total. The summed E-state index contributed by atoms with van der Waals surface area (Å²) in [5, 5.41) is 17.0. The third-order valence-electron chi connectivity index (χ3n) is 1.17. The molecule has 0 bridgehead atoms. The summed E-state index contributed by atoms with van der Waals surface area (Å²) >= 11 is 0. The van der Waals surface area contributed by atoms with Crippen LogP contribution in [-0.4, -0.2) is 29.6 Å². The SMILES string of the molecule is CCP(/C=C/CO)/C=C/CO. The fourth-order valence-electron chi connectivity index (χ4n) is 0.626. The molecule has 0 heterocycles. The van der Waals surface area contributed by atoms with E-state index >= 15 is 0 Å². The molecule has 0 saturated heterocycles. The summed E-state index contributed by atoms with van der Waals surface area (Å²) < 4.78 is 0. The van der Waals surface area contributed by atoms with Gasteiger partial charge in [0.05, 0.1) is 13.2 Å². The normalized spacial score (nSPS) is 12.4. The van der Waals surface area contributed by atoms with Crippen LogP contribution in [0.15, 0.2) is 23.8 Å². The predicted octanol–water partition coefficient (Wildman–Crippen LogP) is 1.50. The third-order valence-corrected chi connectivity index (χ3v) is 3.09. The molecule has 0 aliphatic heterocycles. The van der Waals surface area contributed by atoms with E-state index in [-0.39, 0.29) is 21.1 Å². The van der Waals surface area contributed by atoms with Gasteiger partial charge in [0.25, 0.3) is 0 Å². The van der Waals surface area contributed by atoms with E-state index in [0.717, 1.165) is 6.16 Å². The molecule has 0 fully saturated rings. The molecular formula is C8H15O2P. The molecule has 0 saturated carbocycles. The second kappa shape index (κ2) is 7.93. The van der Waals surface area contributed by atoms with Gasteiger partial charge in [-0.2, -0.15) is 0 Å². The van der Waals surface area contributed by atoms with Crippen molar-refractivity contribution in [2.75, 3.05) is 19.4 Å². The second-order valence-electron chi connectivity index (χ2n) is 1.97. The maximum Gasteiger partial charge on any atom is 0.0615 e. The van der Waals surface area contributed by atoms with Crippen LogP contribution in [0.4, 0.5) is 0 Å². The molecule has 3 heteroatoms. The molecule has 0 aromatic carbocycles. The molecule has 0 atom stereocenters. The summed E-state index contributed by atoms with van der Waals surface area (Å²) in [4.78, 5) is 0. The number of aliphatic hydroxyl groups is 2. The fourth-order valence-corrected chi connectivity index (χ4v) is 1.88. The lowest BCUT2D eigenvalue weighted by Gasteiger charge is -2.01. The third kappa shape index (κ3) is 6.24. The van der Waals surface area contributed by atoms with E-state index in [4.69, 9.17) is 10.2 Å². The van der Waals surface area contributed by atoms with E-state index < -0.39 is 0 Å². The van der Waals surface area contributed by atoms with Gasteiger partial charge < -0.3 is 10.2 Å². The second-order valence-corrected chi connectivity index (χ2v) is 4.22. The van der Waals surface area contributed by atoms with Gasteiger partial charge in [-0.15, -0.1) is 0 Å². The van der Waals surface area contributed by atoms with Crippen LogP contribution in [0.5, 0.6) is 0 Å². The van der Waals surface area contributed by atoms with Crippen molar-refractivity contribution in [2.24, 2.45) is 0 Å². The van der Waals surface area contributed by atoms with Crippen molar-refractivity contribution < 1.29 is 10.2 Å². The number of hydrogen-bond acceptors (Lipinski definition) is 2. The quantitative estimate of drug-likeness (QED) is 0.620. The summed E-state index contributed by atoms with van der Waals surface area (Å²) in [7, 11) is -0.251. The zero-order valence-corrected chi connectivity index (χ0v) is 7.67. The molecular weight excluding hydrogens is 159 g/mol. The van der Waals surface area contributed by atoms with Crippen LogP contribution in [0.25, 0.3) is 0 Å². The fraction of sp³-hybridized carbons (Fsp3) is 0.500. The first-order chi connectivity index (χ1) is 5.35. The summed E-state index contributed by atoms with van der Waals surface area (Å²) in [6.45, 7) is 2.30. The Hall–Kier alpha value is -0.170. The van der Waals surface area contributed by atoms with E-state index in [1.54, 1.807) is 12.2 Å². The average Bonchev–Trinajstić information content (AvgIpc) is 2.05. The van der Waals surface area contributed by atoms with Gasteiger partial charge in [-0.1, -0.05) is 38.6 Å². The highest BCUT2D eigenvalue weighted by Gasteiger charge is 1.92.